The van der Waals surface area contributed by atoms with Crippen LogP contribution in [0.4, 0.5) is 0 Å². The van der Waals surface area contributed by atoms with Crippen LogP contribution in [0, 0.1) is 0 Å². The van der Waals surface area contributed by atoms with Gasteiger partial charge in [0.15, 0.2) is 0 Å². The molecule has 0 amide bonds. The highest BCUT2D eigenvalue weighted by atomic mass is 35.5. The summed E-state index contributed by atoms with van der Waals surface area (Å²) < 4.78 is 10.8. The molecule has 4 heteroatoms. The highest BCUT2D eigenvalue weighted by Gasteiger charge is 2.20. The van der Waals surface area contributed by atoms with Crippen molar-refractivity contribution in [1.82, 2.24) is 4.98 Å². The number of nitrogens with zero attached hydrogens (tertiary/aromatic N) is 1. The van der Waals surface area contributed by atoms with Gasteiger partial charge in [0, 0.05) is 17.4 Å². The maximum absolute atomic E-state index is 6.10. The Labute approximate surface area is 98.0 Å². The highest BCUT2D eigenvalue weighted by molar-refractivity contribution is 6.31. The number of methoxy groups -OCH3 is 1. The first kappa shape index (κ1) is 9.73. The molecule has 16 heavy (non-hydrogen) atoms. The van der Waals surface area contributed by atoms with Crippen LogP contribution in [-0.2, 0) is 6.42 Å². The van der Waals surface area contributed by atoms with E-state index in [1.54, 1.807) is 7.11 Å². The van der Waals surface area contributed by atoms with Crippen LogP contribution in [0.3, 0.4) is 0 Å². The lowest BCUT2D eigenvalue weighted by molar-refractivity contribution is 0.360. The van der Waals surface area contributed by atoms with Crippen molar-refractivity contribution in [2.75, 3.05) is 13.7 Å². The molecule has 1 aliphatic heterocycles. The fourth-order valence-electron chi connectivity index (χ4n) is 1.99. The van der Waals surface area contributed by atoms with Crippen molar-refractivity contribution in [2.24, 2.45) is 0 Å². The molecule has 1 aromatic heterocycles. The number of fused-ring (bicyclic) bond motifs is 3. The SMILES string of the molecule is COc1ccc2nc(Cl)c3c(c2c1)OCC3. The van der Waals surface area contributed by atoms with E-state index in [0.29, 0.717) is 11.8 Å². The molecule has 0 aliphatic carbocycles. The average Bonchev–Trinajstić information content (AvgIpc) is 2.78. The van der Waals surface area contributed by atoms with Crippen molar-refractivity contribution < 1.29 is 9.47 Å². The molecular weight excluding hydrogens is 226 g/mol. The van der Waals surface area contributed by atoms with E-state index in [1.807, 2.05) is 18.2 Å². The van der Waals surface area contributed by atoms with Gasteiger partial charge in [-0.25, -0.2) is 4.98 Å². The highest BCUT2D eigenvalue weighted by Crippen LogP contribution is 2.38. The zero-order valence-electron chi connectivity index (χ0n) is 8.79. The maximum Gasteiger partial charge on any atom is 0.136 e. The molecule has 2 heterocycles. The summed E-state index contributed by atoms with van der Waals surface area (Å²) in [5.41, 5.74) is 1.84. The maximum atomic E-state index is 6.10. The van der Waals surface area contributed by atoms with Gasteiger partial charge in [0.2, 0.25) is 0 Å². The molecule has 0 unspecified atom stereocenters. The minimum atomic E-state index is 0.546. The van der Waals surface area contributed by atoms with Gasteiger partial charge in [-0.3, -0.25) is 0 Å². The summed E-state index contributed by atoms with van der Waals surface area (Å²) in [6.07, 6.45) is 0.828. The van der Waals surface area contributed by atoms with Crippen LogP contribution >= 0.6 is 11.6 Å². The molecule has 3 rings (SSSR count). The number of benzene rings is 1. The molecule has 0 N–H and O–H groups in total. The Bertz CT molecular complexity index is 568. The number of aromatic nitrogens is 1. The molecule has 1 aliphatic rings. The first-order valence-electron chi connectivity index (χ1n) is 5.08. The number of hydrogen-bond acceptors (Lipinski definition) is 3. The standard InChI is InChI=1S/C12H10ClNO2/c1-15-7-2-3-10-9(6-7)11-8(4-5-16-11)12(13)14-10/h2-3,6H,4-5H2,1H3. The lowest BCUT2D eigenvalue weighted by atomic mass is 10.1. The zero-order valence-corrected chi connectivity index (χ0v) is 9.54. The van der Waals surface area contributed by atoms with Crippen LogP contribution in [0.15, 0.2) is 18.2 Å². The predicted octanol–water partition coefficient (Wildman–Crippen LogP) is 2.83. The Morgan fingerprint density at radius 1 is 1.44 bits per heavy atom. The minimum Gasteiger partial charge on any atom is -0.497 e. The molecule has 3 nitrogen and oxygen atoms in total. The van der Waals surface area contributed by atoms with E-state index in [-0.39, 0.29) is 0 Å². The number of ether oxygens (including phenoxy) is 2. The third-order valence-corrected chi connectivity index (χ3v) is 3.10. The van der Waals surface area contributed by atoms with Crippen molar-refractivity contribution in [3.63, 3.8) is 0 Å². The summed E-state index contributed by atoms with van der Waals surface area (Å²) in [7, 11) is 1.64. The van der Waals surface area contributed by atoms with Gasteiger partial charge in [0.1, 0.15) is 16.7 Å². The van der Waals surface area contributed by atoms with Crippen molar-refractivity contribution in [1.29, 1.82) is 0 Å². The topological polar surface area (TPSA) is 31.4 Å². The molecule has 0 spiro atoms. The number of halogens is 1. The second-order valence-corrected chi connectivity index (χ2v) is 4.05. The molecular formula is C12H10ClNO2. The Hall–Kier alpha value is -1.48. The van der Waals surface area contributed by atoms with Crippen LogP contribution < -0.4 is 9.47 Å². The summed E-state index contributed by atoms with van der Waals surface area (Å²) in [6.45, 7) is 0.674. The summed E-state index contributed by atoms with van der Waals surface area (Å²) in [4.78, 5) is 4.35. The van der Waals surface area contributed by atoms with Crippen molar-refractivity contribution in [3.05, 3.63) is 28.9 Å². The third-order valence-electron chi connectivity index (χ3n) is 2.79. The Balaban J connectivity index is 2.36. The Morgan fingerprint density at radius 3 is 3.12 bits per heavy atom. The molecule has 0 bridgehead atoms. The van der Waals surface area contributed by atoms with Crippen molar-refractivity contribution in [3.8, 4) is 11.5 Å². The monoisotopic (exact) mass is 235 g/mol. The lowest BCUT2D eigenvalue weighted by Crippen LogP contribution is -1.89. The first-order valence-corrected chi connectivity index (χ1v) is 5.46. The van der Waals surface area contributed by atoms with Crippen molar-refractivity contribution in [2.45, 2.75) is 6.42 Å². The van der Waals surface area contributed by atoms with E-state index in [2.05, 4.69) is 4.98 Å². The fourth-order valence-corrected chi connectivity index (χ4v) is 2.26. The Kier molecular flexibility index (Phi) is 2.14. The van der Waals surface area contributed by atoms with Crippen LogP contribution in [0.5, 0.6) is 11.5 Å². The number of hydrogen-bond donors (Lipinski definition) is 0. The van der Waals surface area contributed by atoms with E-state index in [4.69, 9.17) is 21.1 Å². The molecule has 0 fully saturated rings. The van der Waals surface area contributed by atoms with Gasteiger partial charge < -0.3 is 9.47 Å². The van der Waals surface area contributed by atoms with Gasteiger partial charge in [-0.1, -0.05) is 11.6 Å². The van der Waals surface area contributed by atoms with Crippen LogP contribution in [-0.4, -0.2) is 18.7 Å². The van der Waals surface area contributed by atoms with E-state index < -0.39 is 0 Å². The number of pyridine rings is 1. The summed E-state index contributed by atoms with van der Waals surface area (Å²) in [5, 5.41) is 1.52. The molecule has 0 saturated heterocycles. The van der Waals surface area contributed by atoms with Gasteiger partial charge in [-0.05, 0) is 18.2 Å². The average molecular weight is 236 g/mol. The van der Waals surface area contributed by atoms with E-state index in [1.165, 1.54) is 0 Å². The van der Waals surface area contributed by atoms with Gasteiger partial charge in [-0.2, -0.15) is 0 Å². The predicted molar refractivity (Wildman–Crippen MR) is 62.5 cm³/mol. The van der Waals surface area contributed by atoms with E-state index in [0.717, 1.165) is 34.4 Å². The van der Waals surface area contributed by atoms with Gasteiger partial charge >= 0.3 is 0 Å². The quantitative estimate of drug-likeness (QED) is 0.713. The normalized spacial score (nSPS) is 13.6. The van der Waals surface area contributed by atoms with Gasteiger partial charge in [-0.15, -0.1) is 0 Å². The summed E-state index contributed by atoms with van der Waals surface area (Å²) in [5.74, 6) is 1.66. The van der Waals surface area contributed by atoms with Crippen LogP contribution in [0.1, 0.15) is 5.56 Å². The first-order chi connectivity index (χ1) is 7.79. The largest absolute Gasteiger partial charge is 0.497 e. The van der Waals surface area contributed by atoms with Crippen LogP contribution in [0.25, 0.3) is 10.9 Å². The molecule has 0 saturated carbocycles. The van der Waals surface area contributed by atoms with E-state index in [9.17, 15) is 0 Å². The molecule has 0 atom stereocenters. The summed E-state index contributed by atoms with van der Waals surface area (Å²) >= 11 is 6.10. The van der Waals surface area contributed by atoms with Crippen LogP contribution in [0.2, 0.25) is 5.15 Å². The Morgan fingerprint density at radius 2 is 2.31 bits per heavy atom. The summed E-state index contributed by atoms with van der Waals surface area (Å²) in [6, 6.07) is 5.69. The smallest absolute Gasteiger partial charge is 0.136 e. The molecule has 2 aromatic rings. The zero-order chi connectivity index (χ0) is 11.1. The second-order valence-electron chi connectivity index (χ2n) is 3.69. The molecule has 1 aromatic carbocycles. The van der Waals surface area contributed by atoms with Gasteiger partial charge in [0.25, 0.3) is 0 Å². The molecule has 82 valence electrons. The second kappa shape index (κ2) is 3.52. The third kappa shape index (κ3) is 1.32. The minimum absolute atomic E-state index is 0.546. The van der Waals surface area contributed by atoms with Gasteiger partial charge in [0.05, 0.1) is 19.2 Å². The fraction of sp³-hybridized carbons (Fsp3) is 0.250. The van der Waals surface area contributed by atoms with E-state index >= 15 is 0 Å². The lowest BCUT2D eigenvalue weighted by Gasteiger charge is -2.07. The number of rotatable bonds is 1. The van der Waals surface area contributed by atoms with Crippen molar-refractivity contribution >= 4 is 22.5 Å². The molecule has 0 radical (unpaired) electrons.